The van der Waals surface area contributed by atoms with E-state index in [0.29, 0.717) is 12.1 Å². The highest BCUT2D eigenvalue weighted by Crippen LogP contribution is 2.34. The number of benzene rings is 1. The summed E-state index contributed by atoms with van der Waals surface area (Å²) in [7, 11) is 0. The second-order valence-corrected chi connectivity index (χ2v) is 3.02. The standard InChI is InChI=1S/C10H5F5O2/c11-7-2-1-5(3-8(7)12)6(4-9(16)17)10(13,14)15/h1-4H,(H,16,17)/b6-4+. The minimum absolute atomic E-state index is 0.104. The lowest BCUT2D eigenvalue weighted by molar-refractivity contribution is -0.131. The monoisotopic (exact) mass is 252 g/mol. The summed E-state index contributed by atoms with van der Waals surface area (Å²) in [5, 5.41) is 8.29. The van der Waals surface area contributed by atoms with Crippen LogP contribution in [0.3, 0.4) is 0 Å². The fraction of sp³-hybridized carbons (Fsp3) is 0.100. The van der Waals surface area contributed by atoms with E-state index in [9.17, 15) is 26.7 Å². The van der Waals surface area contributed by atoms with Crippen molar-refractivity contribution in [3.8, 4) is 0 Å². The molecule has 0 aliphatic rings. The second-order valence-electron chi connectivity index (χ2n) is 3.02. The maximum atomic E-state index is 12.7. The Hall–Kier alpha value is -1.92. The molecule has 1 rings (SSSR count). The minimum atomic E-state index is -4.97. The van der Waals surface area contributed by atoms with Gasteiger partial charge in [-0.2, -0.15) is 13.2 Å². The predicted molar refractivity (Wildman–Crippen MR) is 48.0 cm³/mol. The van der Waals surface area contributed by atoms with Crippen molar-refractivity contribution in [3.63, 3.8) is 0 Å². The third-order valence-corrected chi connectivity index (χ3v) is 1.80. The van der Waals surface area contributed by atoms with Gasteiger partial charge in [-0.1, -0.05) is 6.07 Å². The van der Waals surface area contributed by atoms with Gasteiger partial charge in [0.15, 0.2) is 11.6 Å². The molecule has 1 aromatic rings. The topological polar surface area (TPSA) is 37.3 Å². The number of carboxylic acid groups (broad SMARTS) is 1. The van der Waals surface area contributed by atoms with Crippen molar-refractivity contribution in [3.05, 3.63) is 41.5 Å². The van der Waals surface area contributed by atoms with Gasteiger partial charge in [0.05, 0.1) is 5.57 Å². The smallest absolute Gasteiger partial charge is 0.417 e. The van der Waals surface area contributed by atoms with Crippen molar-refractivity contribution in [2.45, 2.75) is 6.18 Å². The van der Waals surface area contributed by atoms with Crippen molar-refractivity contribution in [1.29, 1.82) is 0 Å². The summed E-state index contributed by atoms with van der Waals surface area (Å²) in [5.41, 5.74) is -2.30. The Labute approximate surface area is 92.0 Å². The first kappa shape index (κ1) is 13.1. The number of carbonyl (C=O) groups is 1. The zero-order chi connectivity index (χ0) is 13.2. The molecule has 0 bridgehead atoms. The zero-order valence-electron chi connectivity index (χ0n) is 8.05. The summed E-state index contributed by atoms with van der Waals surface area (Å²) in [5.74, 6) is -4.63. The molecule has 17 heavy (non-hydrogen) atoms. The summed E-state index contributed by atoms with van der Waals surface area (Å²) >= 11 is 0. The average molecular weight is 252 g/mol. The van der Waals surface area contributed by atoms with Crippen LogP contribution in [0, 0.1) is 11.6 Å². The van der Waals surface area contributed by atoms with E-state index in [1.807, 2.05) is 0 Å². The van der Waals surface area contributed by atoms with Crippen LogP contribution in [0.5, 0.6) is 0 Å². The highest BCUT2D eigenvalue weighted by atomic mass is 19.4. The van der Waals surface area contributed by atoms with Crippen molar-refractivity contribution in [2.24, 2.45) is 0 Å². The molecule has 1 N–H and O–H groups in total. The Morgan fingerprint density at radius 1 is 1.18 bits per heavy atom. The quantitative estimate of drug-likeness (QED) is 0.649. The van der Waals surface area contributed by atoms with Crippen molar-refractivity contribution < 1.29 is 31.9 Å². The summed E-state index contributed by atoms with van der Waals surface area (Å²) in [6.45, 7) is 0. The van der Waals surface area contributed by atoms with E-state index in [1.165, 1.54) is 0 Å². The van der Waals surface area contributed by atoms with Gasteiger partial charge in [-0.05, 0) is 17.7 Å². The van der Waals surface area contributed by atoms with Gasteiger partial charge in [0, 0.05) is 6.08 Å². The summed E-state index contributed by atoms with van der Waals surface area (Å²) in [6, 6.07) is 1.43. The molecule has 0 unspecified atom stereocenters. The molecule has 0 spiro atoms. The molecule has 0 amide bonds. The first-order chi connectivity index (χ1) is 7.71. The summed E-state index contributed by atoms with van der Waals surface area (Å²) in [6.07, 6.45) is -5.07. The molecule has 0 saturated carbocycles. The molecule has 0 aromatic heterocycles. The van der Waals surface area contributed by atoms with Gasteiger partial charge in [-0.25, -0.2) is 13.6 Å². The SMILES string of the molecule is O=C(O)/C=C(\c1ccc(F)c(F)c1)C(F)(F)F. The lowest BCUT2D eigenvalue weighted by Crippen LogP contribution is -2.13. The Balaban J connectivity index is 3.33. The van der Waals surface area contributed by atoms with E-state index in [-0.39, 0.29) is 12.1 Å². The van der Waals surface area contributed by atoms with Gasteiger partial charge >= 0.3 is 12.1 Å². The molecule has 7 heteroatoms. The van der Waals surface area contributed by atoms with Crippen LogP contribution in [0.4, 0.5) is 22.0 Å². The Bertz CT molecular complexity index is 476. The Morgan fingerprint density at radius 2 is 1.76 bits per heavy atom. The molecule has 2 nitrogen and oxygen atoms in total. The number of hydrogen-bond acceptors (Lipinski definition) is 1. The van der Waals surface area contributed by atoms with Gasteiger partial charge in [-0.3, -0.25) is 0 Å². The van der Waals surface area contributed by atoms with E-state index in [2.05, 4.69) is 0 Å². The number of carboxylic acids is 1. The summed E-state index contributed by atoms with van der Waals surface area (Å²) in [4.78, 5) is 10.2. The Morgan fingerprint density at radius 3 is 2.18 bits per heavy atom. The first-order valence-electron chi connectivity index (χ1n) is 4.19. The second kappa shape index (κ2) is 4.52. The van der Waals surface area contributed by atoms with Crippen LogP contribution in [0.25, 0.3) is 5.57 Å². The molecule has 0 aliphatic carbocycles. The van der Waals surface area contributed by atoms with E-state index < -0.39 is 34.9 Å². The highest BCUT2D eigenvalue weighted by Gasteiger charge is 2.35. The van der Waals surface area contributed by atoms with Crippen LogP contribution in [0.15, 0.2) is 24.3 Å². The largest absolute Gasteiger partial charge is 0.478 e. The van der Waals surface area contributed by atoms with Gasteiger partial charge < -0.3 is 5.11 Å². The number of halogens is 5. The molecule has 92 valence electrons. The number of aliphatic carboxylic acids is 1. The average Bonchev–Trinajstić information content (AvgIpc) is 2.17. The first-order valence-corrected chi connectivity index (χ1v) is 4.19. The number of hydrogen-bond donors (Lipinski definition) is 1. The predicted octanol–water partition coefficient (Wildman–Crippen LogP) is 3.00. The minimum Gasteiger partial charge on any atom is -0.478 e. The van der Waals surface area contributed by atoms with Gasteiger partial charge in [-0.15, -0.1) is 0 Å². The molecule has 0 saturated heterocycles. The number of rotatable bonds is 2. The highest BCUT2D eigenvalue weighted by molar-refractivity contribution is 5.91. The maximum absolute atomic E-state index is 12.7. The van der Waals surface area contributed by atoms with Crippen LogP contribution < -0.4 is 0 Å². The zero-order valence-corrected chi connectivity index (χ0v) is 8.05. The molecular weight excluding hydrogens is 247 g/mol. The van der Waals surface area contributed by atoms with Gasteiger partial charge in [0.2, 0.25) is 0 Å². The van der Waals surface area contributed by atoms with Crippen LogP contribution in [0.2, 0.25) is 0 Å². The van der Waals surface area contributed by atoms with Crippen molar-refractivity contribution in [1.82, 2.24) is 0 Å². The summed E-state index contributed by atoms with van der Waals surface area (Å²) < 4.78 is 62.6. The van der Waals surface area contributed by atoms with E-state index in [0.717, 1.165) is 0 Å². The molecule has 0 atom stereocenters. The fourth-order valence-electron chi connectivity index (χ4n) is 1.12. The Kier molecular flexibility index (Phi) is 3.50. The van der Waals surface area contributed by atoms with Gasteiger partial charge in [0.25, 0.3) is 0 Å². The molecule has 1 aromatic carbocycles. The number of alkyl halides is 3. The van der Waals surface area contributed by atoms with E-state index in [1.54, 1.807) is 0 Å². The van der Waals surface area contributed by atoms with Crippen molar-refractivity contribution in [2.75, 3.05) is 0 Å². The lowest BCUT2D eigenvalue weighted by Gasteiger charge is -2.11. The van der Waals surface area contributed by atoms with Crippen LogP contribution in [-0.2, 0) is 4.79 Å². The molecule has 0 radical (unpaired) electrons. The third kappa shape index (κ3) is 3.27. The van der Waals surface area contributed by atoms with E-state index in [4.69, 9.17) is 5.11 Å². The fourth-order valence-corrected chi connectivity index (χ4v) is 1.12. The molecular formula is C10H5F5O2. The molecule has 0 heterocycles. The van der Waals surface area contributed by atoms with Crippen LogP contribution in [0.1, 0.15) is 5.56 Å². The molecule has 0 fully saturated rings. The van der Waals surface area contributed by atoms with Crippen molar-refractivity contribution >= 4 is 11.5 Å². The molecule has 0 aliphatic heterocycles. The number of allylic oxidation sites excluding steroid dienone is 1. The third-order valence-electron chi connectivity index (χ3n) is 1.80. The van der Waals surface area contributed by atoms with E-state index >= 15 is 0 Å². The lowest BCUT2D eigenvalue weighted by atomic mass is 10.0. The normalized spacial score (nSPS) is 12.6. The maximum Gasteiger partial charge on any atom is 0.417 e. The van der Waals surface area contributed by atoms with Crippen LogP contribution in [-0.4, -0.2) is 17.3 Å². The van der Waals surface area contributed by atoms with Gasteiger partial charge in [0.1, 0.15) is 0 Å². The van der Waals surface area contributed by atoms with Crippen LogP contribution >= 0.6 is 0 Å².